The van der Waals surface area contributed by atoms with Crippen LogP contribution in [0, 0.1) is 11.8 Å². The van der Waals surface area contributed by atoms with E-state index in [1.165, 1.54) is 56.6 Å². The fourth-order valence-corrected chi connectivity index (χ4v) is 7.60. The van der Waals surface area contributed by atoms with Crippen molar-refractivity contribution in [1.29, 1.82) is 0 Å². The van der Waals surface area contributed by atoms with Crippen LogP contribution in [0.5, 0.6) is 0 Å². The van der Waals surface area contributed by atoms with Crippen molar-refractivity contribution >= 4 is 20.8 Å². The van der Waals surface area contributed by atoms with Crippen LogP contribution in [0.2, 0.25) is 6.04 Å². The van der Waals surface area contributed by atoms with Crippen molar-refractivity contribution in [2.45, 2.75) is 84.6 Å². The number of carbonyl (C=O) groups is 1. The van der Waals surface area contributed by atoms with Crippen LogP contribution >= 0.6 is 0 Å². The summed E-state index contributed by atoms with van der Waals surface area (Å²) in [5.41, 5.74) is 2.28. The zero-order valence-electron chi connectivity index (χ0n) is 20.9. The Morgan fingerprint density at radius 3 is 1.97 bits per heavy atom. The summed E-state index contributed by atoms with van der Waals surface area (Å²) in [6.45, 7) is 8.03. The van der Waals surface area contributed by atoms with E-state index in [2.05, 4.69) is 12.1 Å². The highest BCUT2D eigenvalue weighted by molar-refractivity contribution is 6.60. The van der Waals surface area contributed by atoms with Gasteiger partial charge < -0.3 is 18.4 Å². The van der Waals surface area contributed by atoms with Crippen LogP contribution in [0.15, 0.2) is 30.3 Å². The molecule has 0 amide bonds. The molecule has 0 aromatic heterocycles. The minimum absolute atomic E-state index is 0.655. The number of aryl methyl sites for hydroxylation is 1. The summed E-state index contributed by atoms with van der Waals surface area (Å²) >= 11 is 0. The van der Waals surface area contributed by atoms with Crippen LogP contribution < -0.4 is 0 Å². The van der Waals surface area contributed by atoms with E-state index in [1.54, 1.807) is 6.08 Å². The molecule has 0 atom stereocenters. The molecule has 0 saturated heterocycles. The second-order valence-electron chi connectivity index (χ2n) is 9.07. The third kappa shape index (κ3) is 10.5. The molecule has 0 spiro atoms. The average molecular weight is 477 g/mol. The highest BCUT2D eigenvalue weighted by Crippen LogP contribution is 2.34. The van der Waals surface area contributed by atoms with Gasteiger partial charge in [0.2, 0.25) is 0 Å². The molecule has 2 rings (SSSR count). The van der Waals surface area contributed by atoms with Crippen molar-refractivity contribution in [3.8, 4) is 0 Å². The van der Waals surface area contributed by atoms with Crippen molar-refractivity contribution < 1.29 is 23.2 Å². The van der Waals surface area contributed by atoms with E-state index in [0.717, 1.165) is 36.3 Å². The van der Waals surface area contributed by atoms with E-state index < -0.39 is 14.8 Å². The second-order valence-corrected chi connectivity index (χ2v) is 11.8. The van der Waals surface area contributed by atoms with Crippen LogP contribution in [-0.2, 0) is 24.5 Å². The number of carboxylic acids is 1. The number of hydrogen-bond donors (Lipinski definition) is 1. The van der Waals surface area contributed by atoms with Gasteiger partial charge in [-0.3, -0.25) is 0 Å². The molecule has 1 fully saturated rings. The number of unbranched alkanes of at least 4 members (excludes halogenated alkanes) is 1. The molecule has 1 aromatic carbocycles. The number of rotatable bonds is 16. The number of benzene rings is 1. The molecule has 0 radical (unpaired) electrons. The largest absolute Gasteiger partial charge is 0.500 e. The first kappa shape index (κ1) is 27.8. The van der Waals surface area contributed by atoms with E-state index in [-0.39, 0.29) is 0 Å². The molecule has 0 heterocycles. The molecule has 1 aromatic rings. The van der Waals surface area contributed by atoms with Crippen molar-refractivity contribution in [1.82, 2.24) is 0 Å². The first-order valence-electron chi connectivity index (χ1n) is 12.9. The van der Waals surface area contributed by atoms with Crippen molar-refractivity contribution in [2.75, 3.05) is 19.8 Å². The van der Waals surface area contributed by atoms with Gasteiger partial charge in [0.05, 0.1) is 0 Å². The highest BCUT2D eigenvalue weighted by atomic mass is 28.4. The van der Waals surface area contributed by atoms with Gasteiger partial charge >= 0.3 is 14.8 Å². The lowest BCUT2D eigenvalue weighted by Crippen LogP contribution is -2.45. The molecular formula is C27H44O5Si. The third-order valence-electron chi connectivity index (χ3n) is 6.64. The number of aliphatic carboxylic acids is 1. The number of hydrogen-bond acceptors (Lipinski definition) is 4. The zero-order valence-corrected chi connectivity index (χ0v) is 21.9. The van der Waals surface area contributed by atoms with Crippen LogP contribution in [0.3, 0.4) is 0 Å². The van der Waals surface area contributed by atoms with Crippen LogP contribution in [0.25, 0.3) is 6.08 Å². The molecule has 186 valence electrons. The van der Waals surface area contributed by atoms with Gasteiger partial charge in [0, 0.05) is 31.9 Å². The van der Waals surface area contributed by atoms with E-state index in [9.17, 15) is 4.79 Å². The van der Waals surface area contributed by atoms with Crippen molar-refractivity contribution in [3.05, 3.63) is 41.5 Å². The molecule has 1 aliphatic carbocycles. The molecule has 1 saturated carbocycles. The summed E-state index contributed by atoms with van der Waals surface area (Å²) in [6.07, 6.45) is 14.3. The predicted octanol–water partition coefficient (Wildman–Crippen LogP) is 6.74. The van der Waals surface area contributed by atoms with Gasteiger partial charge in [-0.1, -0.05) is 62.8 Å². The standard InChI is InChI=1S/C27H44O5Si/c1-4-30-33(31-5-2,32-6-3)22-8-7-9-23-10-12-24(13-11-23)14-15-25-16-18-26(19-17-25)20-21-27(28)29/h16-21,23-24H,4-15,22H2,1-3H3,(H,28,29)/b21-20+. The quantitative estimate of drug-likeness (QED) is 0.162. The first-order chi connectivity index (χ1) is 16.0. The first-order valence-corrected chi connectivity index (χ1v) is 14.8. The predicted molar refractivity (Wildman–Crippen MR) is 136 cm³/mol. The van der Waals surface area contributed by atoms with Gasteiger partial charge in [-0.25, -0.2) is 4.79 Å². The zero-order chi connectivity index (χ0) is 23.9. The molecule has 0 unspecified atom stereocenters. The molecule has 33 heavy (non-hydrogen) atoms. The van der Waals surface area contributed by atoms with E-state index in [4.69, 9.17) is 18.4 Å². The highest BCUT2D eigenvalue weighted by Gasteiger charge is 2.39. The smallest absolute Gasteiger partial charge is 0.478 e. The Kier molecular flexibility index (Phi) is 13.0. The SMILES string of the molecule is CCO[Si](CCCCC1CCC(CCc2ccc(/C=C/C(=O)O)cc2)CC1)(OCC)OCC. The van der Waals surface area contributed by atoms with E-state index in [0.29, 0.717) is 19.8 Å². The fourth-order valence-electron chi connectivity index (χ4n) is 4.92. The third-order valence-corrected chi connectivity index (χ3v) is 9.80. The van der Waals surface area contributed by atoms with Crippen LogP contribution in [0.1, 0.15) is 83.3 Å². The molecule has 6 heteroatoms. The second kappa shape index (κ2) is 15.4. The summed E-state index contributed by atoms with van der Waals surface area (Å²) in [5, 5.41) is 8.73. The Bertz CT molecular complexity index is 678. The average Bonchev–Trinajstić information content (AvgIpc) is 2.81. The number of carboxylic acid groups (broad SMARTS) is 1. The minimum Gasteiger partial charge on any atom is -0.478 e. The lowest BCUT2D eigenvalue weighted by atomic mass is 9.78. The molecular weight excluding hydrogens is 432 g/mol. The lowest BCUT2D eigenvalue weighted by molar-refractivity contribution is -0.131. The van der Waals surface area contributed by atoms with E-state index >= 15 is 0 Å². The Hall–Kier alpha value is -1.47. The van der Waals surface area contributed by atoms with Crippen molar-refractivity contribution in [2.24, 2.45) is 11.8 Å². The normalized spacial score (nSPS) is 19.2. The maximum atomic E-state index is 10.6. The molecule has 5 nitrogen and oxygen atoms in total. The lowest BCUT2D eigenvalue weighted by Gasteiger charge is -2.30. The Morgan fingerprint density at radius 1 is 0.909 bits per heavy atom. The van der Waals surface area contributed by atoms with Crippen LogP contribution in [0.4, 0.5) is 0 Å². The Balaban J connectivity index is 1.65. The summed E-state index contributed by atoms with van der Waals surface area (Å²) in [7, 11) is -2.48. The van der Waals surface area contributed by atoms with Gasteiger partial charge in [0.15, 0.2) is 0 Å². The van der Waals surface area contributed by atoms with Gasteiger partial charge in [0.25, 0.3) is 0 Å². The summed E-state index contributed by atoms with van der Waals surface area (Å²) < 4.78 is 17.9. The van der Waals surface area contributed by atoms with Gasteiger partial charge in [-0.05, 0) is 69.1 Å². The Morgan fingerprint density at radius 2 is 1.45 bits per heavy atom. The maximum Gasteiger partial charge on any atom is 0.500 e. The Labute approximate surface area is 201 Å². The van der Waals surface area contributed by atoms with Crippen LogP contribution in [-0.4, -0.2) is 39.7 Å². The summed E-state index contributed by atoms with van der Waals surface area (Å²) in [4.78, 5) is 10.6. The molecule has 0 aliphatic heterocycles. The van der Waals surface area contributed by atoms with Crippen molar-refractivity contribution in [3.63, 3.8) is 0 Å². The molecule has 1 aliphatic rings. The fraction of sp³-hybridized carbons (Fsp3) is 0.667. The van der Waals surface area contributed by atoms with Gasteiger partial charge in [-0.2, -0.15) is 0 Å². The summed E-state index contributed by atoms with van der Waals surface area (Å²) in [5.74, 6) is 0.789. The molecule has 0 bridgehead atoms. The molecule has 1 N–H and O–H groups in total. The van der Waals surface area contributed by atoms with Gasteiger partial charge in [0.1, 0.15) is 0 Å². The topological polar surface area (TPSA) is 65.0 Å². The summed E-state index contributed by atoms with van der Waals surface area (Å²) in [6, 6.07) is 9.20. The monoisotopic (exact) mass is 476 g/mol. The maximum absolute atomic E-state index is 10.6. The van der Waals surface area contributed by atoms with E-state index in [1.807, 2.05) is 32.9 Å². The minimum atomic E-state index is -2.48. The van der Waals surface area contributed by atoms with Gasteiger partial charge in [-0.15, -0.1) is 0 Å².